The first-order chi connectivity index (χ1) is 6.91. The van der Waals surface area contributed by atoms with Crippen LogP contribution in [0, 0.1) is 11.3 Å². The van der Waals surface area contributed by atoms with Crippen LogP contribution in [0.2, 0.25) is 0 Å². The van der Waals surface area contributed by atoms with Gasteiger partial charge in [-0.1, -0.05) is 57.2 Å². The van der Waals surface area contributed by atoms with Crippen LogP contribution in [0.5, 0.6) is 0 Å². The molecule has 2 nitrogen and oxygen atoms in total. The van der Waals surface area contributed by atoms with E-state index < -0.39 is 0 Å². The molecule has 0 spiro atoms. The highest BCUT2D eigenvalue weighted by atomic mass is 14.4. The highest BCUT2D eigenvalue weighted by molar-refractivity contribution is 4.99. The molecule has 0 saturated heterocycles. The van der Waals surface area contributed by atoms with Gasteiger partial charge in [0.15, 0.2) is 0 Å². The molecule has 14 heavy (non-hydrogen) atoms. The highest BCUT2D eigenvalue weighted by Crippen LogP contribution is 1.79. The second-order valence-corrected chi connectivity index (χ2v) is 1.67. The largest absolute Gasteiger partial charge is 0.333 e. The van der Waals surface area contributed by atoms with Gasteiger partial charge in [0.1, 0.15) is 0 Å². The Morgan fingerprint density at radius 2 is 1.07 bits per heavy atom. The van der Waals surface area contributed by atoms with Crippen molar-refractivity contribution >= 4 is 0 Å². The van der Waals surface area contributed by atoms with Crippen molar-refractivity contribution in [2.45, 2.75) is 27.2 Å². The van der Waals surface area contributed by atoms with Gasteiger partial charge in [-0.3, -0.25) is 0 Å². The highest BCUT2D eigenvalue weighted by Gasteiger charge is 1.57. The first kappa shape index (κ1) is 18.5. The van der Waals surface area contributed by atoms with Gasteiger partial charge in [0.25, 0.3) is 0 Å². The molecule has 0 fully saturated rings. The molecule has 0 aliphatic rings. The number of hydrogen-bond acceptors (Lipinski definition) is 2. The predicted molar refractivity (Wildman–Crippen MR) is 63.8 cm³/mol. The van der Waals surface area contributed by atoms with Gasteiger partial charge >= 0.3 is 0 Å². The molecule has 2 N–H and O–H groups in total. The van der Waals surface area contributed by atoms with Crippen molar-refractivity contribution in [3.63, 3.8) is 0 Å². The van der Waals surface area contributed by atoms with Gasteiger partial charge in [-0.05, 0) is 7.05 Å². The normalized spacial score (nSPS) is 5.71. The van der Waals surface area contributed by atoms with Crippen molar-refractivity contribution in [3.8, 4) is 6.07 Å². The lowest BCUT2D eigenvalue weighted by Gasteiger charge is -1.69. The summed E-state index contributed by atoms with van der Waals surface area (Å²) in [5.74, 6) is 0. The molecule has 80 valence electrons. The Bertz CT molecular complexity index is 151. The molecule has 0 heterocycles. The maximum Gasteiger partial charge on any atom is 0.0618 e. The van der Waals surface area contributed by atoms with E-state index in [1.165, 1.54) is 7.05 Å². The van der Waals surface area contributed by atoms with Crippen LogP contribution < -0.4 is 5.73 Å². The quantitative estimate of drug-likeness (QED) is 0.689. The Balaban J connectivity index is -0.000000134. The first-order valence-electron chi connectivity index (χ1n) is 4.86. The molecule has 0 amide bonds. The van der Waals surface area contributed by atoms with E-state index >= 15 is 0 Å². The maximum atomic E-state index is 7.62. The van der Waals surface area contributed by atoms with Crippen LogP contribution in [0.3, 0.4) is 0 Å². The number of rotatable bonds is 0. The molecule has 0 aromatic heterocycles. The predicted octanol–water partition coefficient (Wildman–Crippen LogP) is 3.21. The van der Waals surface area contributed by atoms with Crippen molar-refractivity contribution in [3.05, 3.63) is 36.4 Å². The third-order valence-corrected chi connectivity index (χ3v) is 0.825. The lowest BCUT2D eigenvalue weighted by atomic mass is 10.4. The van der Waals surface area contributed by atoms with Gasteiger partial charge in [0, 0.05) is 6.42 Å². The molecule has 2 heteroatoms. The molecule has 0 aliphatic carbocycles. The van der Waals surface area contributed by atoms with Gasteiger partial charge in [0.2, 0.25) is 0 Å². The first-order valence-corrected chi connectivity index (χ1v) is 4.86. The molecule has 0 aliphatic heterocycles. The Morgan fingerprint density at radius 3 is 1.14 bits per heavy atom. The van der Waals surface area contributed by atoms with E-state index in [-0.39, 0.29) is 0 Å². The van der Waals surface area contributed by atoms with Gasteiger partial charge in [0.05, 0.1) is 6.07 Å². The van der Waals surface area contributed by atoms with Crippen LogP contribution in [0.1, 0.15) is 27.2 Å². The Kier molecular flexibility index (Phi) is 39.4. The van der Waals surface area contributed by atoms with Crippen LogP contribution in [-0.4, -0.2) is 7.05 Å². The van der Waals surface area contributed by atoms with Crippen LogP contribution >= 0.6 is 0 Å². The minimum atomic E-state index is 0.625. The molecule has 0 atom stereocenters. The summed E-state index contributed by atoms with van der Waals surface area (Å²) in [7, 11) is 1.50. The summed E-state index contributed by atoms with van der Waals surface area (Å²) < 4.78 is 0. The fourth-order valence-corrected chi connectivity index (χ4v) is 0.385. The topological polar surface area (TPSA) is 49.8 Å². The molecular weight excluding hydrogens is 172 g/mol. The summed E-state index contributed by atoms with van der Waals surface area (Å²) in [6.07, 6.45) is 0.625. The van der Waals surface area contributed by atoms with Crippen molar-refractivity contribution in [2.24, 2.45) is 5.73 Å². The number of nitrogens with zero attached hydrogens (tertiary/aromatic N) is 1. The van der Waals surface area contributed by atoms with Crippen LogP contribution in [0.25, 0.3) is 0 Å². The number of hydrogen-bond donors (Lipinski definition) is 1. The minimum Gasteiger partial charge on any atom is -0.333 e. The summed E-state index contributed by atoms with van der Waals surface area (Å²) in [5, 5.41) is 7.62. The maximum absolute atomic E-state index is 7.62. The van der Waals surface area contributed by atoms with Gasteiger partial charge < -0.3 is 5.73 Å². The van der Waals surface area contributed by atoms with Gasteiger partial charge in [-0.15, -0.1) is 0 Å². The van der Waals surface area contributed by atoms with E-state index in [0.29, 0.717) is 6.42 Å². The van der Waals surface area contributed by atoms with E-state index in [1.54, 1.807) is 0 Å². The smallest absolute Gasteiger partial charge is 0.0618 e. The average Bonchev–Trinajstić information content (AvgIpc) is 2.36. The number of nitrogens with two attached hydrogens (primary N) is 1. The lowest BCUT2D eigenvalue weighted by Crippen LogP contribution is -1.69. The molecular formula is C12H22N2. The monoisotopic (exact) mass is 194 g/mol. The molecule has 0 bridgehead atoms. The van der Waals surface area contributed by atoms with E-state index in [0.717, 1.165) is 0 Å². The summed E-state index contributed by atoms with van der Waals surface area (Å²) in [5.41, 5.74) is 4.50. The molecule has 0 radical (unpaired) electrons. The standard InChI is InChI=1S/C6H6.C3H5N.C2H6.CH5N/c1-2-4-6-5-3-1;1-2-3-4;2*1-2/h1-6H;2H2,1H3;1-2H3;2H2,1H3. The second-order valence-electron chi connectivity index (χ2n) is 1.67. The molecule has 1 rings (SSSR count). The summed E-state index contributed by atoms with van der Waals surface area (Å²) >= 11 is 0. The summed E-state index contributed by atoms with van der Waals surface area (Å²) in [6.45, 7) is 5.82. The molecule has 1 aromatic carbocycles. The van der Waals surface area contributed by atoms with Gasteiger partial charge in [-0.2, -0.15) is 5.26 Å². The third kappa shape index (κ3) is 31.0. The number of nitriles is 1. The third-order valence-electron chi connectivity index (χ3n) is 0.825. The average molecular weight is 194 g/mol. The fourth-order valence-electron chi connectivity index (χ4n) is 0.385. The zero-order chi connectivity index (χ0) is 11.7. The van der Waals surface area contributed by atoms with Crippen LogP contribution in [0.15, 0.2) is 36.4 Å². The van der Waals surface area contributed by atoms with Crippen LogP contribution in [0.4, 0.5) is 0 Å². The van der Waals surface area contributed by atoms with Gasteiger partial charge in [-0.25, -0.2) is 0 Å². The van der Waals surface area contributed by atoms with E-state index in [9.17, 15) is 0 Å². The van der Waals surface area contributed by atoms with E-state index in [2.05, 4.69) is 5.73 Å². The van der Waals surface area contributed by atoms with Crippen molar-refractivity contribution in [1.82, 2.24) is 0 Å². The SMILES string of the molecule is CC.CCC#N.CN.c1ccccc1. The Labute approximate surface area is 88.4 Å². The lowest BCUT2D eigenvalue weighted by molar-refractivity contribution is 1.22. The minimum absolute atomic E-state index is 0.625. The molecule has 0 unspecified atom stereocenters. The Morgan fingerprint density at radius 1 is 0.929 bits per heavy atom. The molecule has 0 saturated carbocycles. The van der Waals surface area contributed by atoms with E-state index in [4.69, 9.17) is 5.26 Å². The van der Waals surface area contributed by atoms with Crippen molar-refractivity contribution in [2.75, 3.05) is 7.05 Å². The van der Waals surface area contributed by atoms with E-state index in [1.807, 2.05) is 63.2 Å². The van der Waals surface area contributed by atoms with Crippen LogP contribution in [-0.2, 0) is 0 Å². The van der Waals surface area contributed by atoms with Crippen molar-refractivity contribution in [1.29, 1.82) is 5.26 Å². The summed E-state index contributed by atoms with van der Waals surface area (Å²) in [6, 6.07) is 13.9. The molecule has 1 aromatic rings. The van der Waals surface area contributed by atoms with Crippen molar-refractivity contribution < 1.29 is 0 Å². The second kappa shape index (κ2) is 29.9. The zero-order valence-corrected chi connectivity index (χ0v) is 9.70. The number of benzene rings is 1. The zero-order valence-electron chi connectivity index (χ0n) is 9.70. The Hall–Kier alpha value is -1.33. The fraction of sp³-hybridized carbons (Fsp3) is 0.417. The summed E-state index contributed by atoms with van der Waals surface area (Å²) in [4.78, 5) is 0.